The van der Waals surface area contributed by atoms with Gasteiger partial charge in [0.25, 0.3) is 0 Å². The van der Waals surface area contributed by atoms with Crippen molar-refractivity contribution in [2.45, 2.75) is 19.3 Å². The summed E-state index contributed by atoms with van der Waals surface area (Å²) >= 11 is 5.89. The fraction of sp³-hybridized carbons (Fsp3) is 0.250. The molecule has 0 atom stereocenters. The number of rotatable bonds is 6. The van der Waals surface area contributed by atoms with Crippen LogP contribution in [0.3, 0.4) is 0 Å². The van der Waals surface area contributed by atoms with Gasteiger partial charge in [0.1, 0.15) is 0 Å². The molecule has 1 aromatic heterocycles. The lowest BCUT2D eigenvalue weighted by atomic mass is 10.1. The average Bonchev–Trinajstić information content (AvgIpc) is 2.45. The van der Waals surface area contributed by atoms with Gasteiger partial charge in [-0.1, -0.05) is 29.8 Å². The van der Waals surface area contributed by atoms with Gasteiger partial charge in [0.2, 0.25) is 5.91 Å². The lowest BCUT2D eigenvalue weighted by Gasteiger charge is -2.05. The number of carbonyl (C=O) groups excluding carboxylic acids is 1. The number of benzene rings is 1. The van der Waals surface area contributed by atoms with Crippen LogP contribution in [0, 0.1) is 0 Å². The largest absolute Gasteiger partial charge is 0.356 e. The molecule has 1 aromatic carbocycles. The fourth-order valence-corrected chi connectivity index (χ4v) is 2.17. The van der Waals surface area contributed by atoms with Gasteiger partial charge < -0.3 is 5.32 Å². The molecule has 2 rings (SSSR count). The van der Waals surface area contributed by atoms with E-state index >= 15 is 0 Å². The molecule has 0 unspecified atom stereocenters. The van der Waals surface area contributed by atoms with Gasteiger partial charge >= 0.3 is 0 Å². The number of carbonyl (C=O) groups is 1. The number of hydrogen-bond acceptors (Lipinski definition) is 2. The molecule has 0 bridgehead atoms. The summed E-state index contributed by atoms with van der Waals surface area (Å²) in [6.45, 7) is 0.675. The van der Waals surface area contributed by atoms with Crippen molar-refractivity contribution < 1.29 is 4.79 Å². The van der Waals surface area contributed by atoms with Gasteiger partial charge in [-0.3, -0.25) is 9.78 Å². The van der Waals surface area contributed by atoms with Crippen molar-refractivity contribution in [2.24, 2.45) is 0 Å². The maximum absolute atomic E-state index is 11.8. The smallest absolute Gasteiger partial charge is 0.224 e. The van der Waals surface area contributed by atoms with E-state index in [4.69, 9.17) is 11.6 Å². The van der Waals surface area contributed by atoms with Crippen LogP contribution in [0.4, 0.5) is 0 Å². The number of aryl methyl sites for hydroxylation is 1. The van der Waals surface area contributed by atoms with Crippen LogP contribution in [0.15, 0.2) is 48.8 Å². The highest BCUT2D eigenvalue weighted by molar-refractivity contribution is 6.30. The number of aromatic nitrogens is 1. The third-order valence-electron chi connectivity index (χ3n) is 2.94. The average molecular weight is 289 g/mol. The third-order valence-corrected chi connectivity index (χ3v) is 3.18. The fourth-order valence-electron chi connectivity index (χ4n) is 1.96. The molecule has 4 heteroatoms. The maximum atomic E-state index is 11.8. The van der Waals surface area contributed by atoms with Crippen molar-refractivity contribution in [3.8, 4) is 0 Å². The Morgan fingerprint density at radius 1 is 1.20 bits per heavy atom. The molecule has 0 radical (unpaired) electrons. The van der Waals surface area contributed by atoms with Gasteiger partial charge in [-0.15, -0.1) is 0 Å². The van der Waals surface area contributed by atoms with Gasteiger partial charge in [0.05, 0.1) is 6.42 Å². The molecule has 0 aliphatic heterocycles. The molecular weight excluding hydrogens is 272 g/mol. The van der Waals surface area contributed by atoms with Crippen LogP contribution in [0.25, 0.3) is 0 Å². The molecule has 3 nitrogen and oxygen atoms in total. The van der Waals surface area contributed by atoms with Crippen molar-refractivity contribution in [1.29, 1.82) is 0 Å². The summed E-state index contributed by atoms with van der Waals surface area (Å²) in [5.74, 6) is 0.0263. The quantitative estimate of drug-likeness (QED) is 0.830. The first-order chi connectivity index (χ1) is 9.74. The number of nitrogens with one attached hydrogen (secondary N) is 1. The van der Waals surface area contributed by atoms with Crippen LogP contribution in [0.1, 0.15) is 17.5 Å². The predicted octanol–water partition coefficient (Wildman–Crippen LogP) is 3.03. The maximum Gasteiger partial charge on any atom is 0.224 e. The Hall–Kier alpha value is -1.87. The second-order valence-corrected chi connectivity index (χ2v) is 5.06. The second kappa shape index (κ2) is 7.65. The van der Waals surface area contributed by atoms with Gasteiger partial charge in [-0.2, -0.15) is 0 Å². The van der Waals surface area contributed by atoms with Gasteiger partial charge in [0, 0.05) is 24.0 Å². The minimum absolute atomic E-state index is 0.0263. The number of pyridine rings is 1. The first-order valence-corrected chi connectivity index (χ1v) is 7.02. The van der Waals surface area contributed by atoms with Crippen LogP contribution in [0.5, 0.6) is 0 Å². The molecule has 0 aliphatic carbocycles. The van der Waals surface area contributed by atoms with Crippen LogP contribution >= 0.6 is 11.6 Å². The van der Waals surface area contributed by atoms with E-state index in [2.05, 4.69) is 10.3 Å². The predicted molar refractivity (Wildman–Crippen MR) is 80.7 cm³/mol. The molecule has 0 saturated carbocycles. The Labute approximate surface area is 124 Å². The summed E-state index contributed by atoms with van der Waals surface area (Å²) in [5.41, 5.74) is 2.12. The minimum Gasteiger partial charge on any atom is -0.356 e. The third kappa shape index (κ3) is 5.02. The summed E-state index contributed by atoms with van der Waals surface area (Å²) < 4.78 is 0. The van der Waals surface area contributed by atoms with Crippen LogP contribution in [-0.2, 0) is 17.6 Å². The molecule has 104 valence electrons. The number of halogens is 1. The summed E-state index contributed by atoms with van der Waals surface area (Å²) in [5, 5.41) is 3.58. The Morgan fingerprint density at radius 3 is 2.80 bits per heavy atom. The van der Waals surface area contributed by atoms with E-state index in [1.54, 1.807) is 12.3 Å². The van der Waals surface area contributed by atoms with Crippen molar-refractivity contribution in [1.82, 2.24) is 10.3 Å². The van der Waals surface area contributed by atoms with E-state index in [1.807, 2.05) is 36.5 Å². The van der Waals surface area contributed by atoms with E-state index in [0.717, 1.165) is 18.4 Å². The van der Waals surface area contributed by atoms with Crippen LogP contribution in [-0.4, -0.2) is 17.4 Å². The summed E-state index contributed by atoms with van der Waals surface area (Å²) in [6, 6.07) is 11.3. The normalized spacial score (nSPS) is 10.2. The lowest BCUT2D eigenvalue weighted by Crippen LogP contribution is -2.26. The second-order valence-electron chi connectivity index (χ2n) is 4.62. The molecule has 0 fully saturated rings. The SMILES string of the molecule is O=C(Cc1cccc(Cl)c1)NCCCc1cccnc1. The van der Waals surface area contributed by atoms with E-state index < -0.39 is 0 Å². The zero-order valence-corrected chi connectivity index (χ0v) is 11.9. The first-order valence-electron chi connectivity index (χ1n) is 6.64. The molecule has 1 N–H and O–H groups in total. The van der Waals surface area contributed by atoms with Gasteiger partial charge in [-0.05, 0) is 42.2 Å². The van der Waals surface area contributed by atoms with Crippen molar-refractivity contribution >= 4 is 17.5 Å². The Morgan fingerprint density at radius 2 is 2.05 bits per heavy atom. The zero-order chi connectivity index (χ0) is 14.2. The summed E-state index contributed by atoms with van der Waals surface area (Å²) in [6.07, 6.45) is 5.82. The zero-order valence-electron chi connectivity index (χ0n) is 11.2. The molecule has 0 saturated heterocycles. The lowest BCUT2D eigenvalue weighted by molar-refractivity contribution is -0.120. The molecular formula is C16H17ClN2O. The van der Waals surface area contributed by atoms with Crippen LogP contribution < -0.4 is 5.32 Å². The van der Waals surface area contributed by atoms with Crippen molar-refractivity contribution in [2.75, 3.05) is 6.54 Å². The molecule has 2 aromatic rings. The highest BCUT2D eigenvalue weighted by atomic mass is 35.5. The van der Waals surface area contributed by atoms with Gasteiger partial charge in [-0.25, -0.2) is 0 Å². The summed E-state index contributed by atoms with van der Waals surface area (Å²) in [4.78, 5) is 15.8. The highest BCUT2D eigenvalue weighted by Crippen LogP contribution is 2.10. The minimum atomic E-state index is 0.0263. The van der Waals surface area contributed by atoms with Crippen molar-refractivity contribution in [3.05, 3.63) is 64.9 Å². The Kier molecular flexibility index (Phi) is 5.56. The molecule has 1 heterocycles. The van der Waals surface area contributed by atoms with E-state index in [9.17, 15) is 4.79 Å². The number of amides is 1. The van der Waals surface area contributed by atoms with E-state index in [0.29, 0.717) is 18.0 Å². The van der Waals surface area contributed by atoms with Gasteiger partial charge in [0.15, 0.2) is 0 Å². The Balaban J connectivity index is 1.68. The monoisotopic (exact) mass is 288 g/mol. The van der Waals surface area contributed by atoms with Crippen LogP contribution in [0.2, 0.25) is 5.02 Å². The topological polar surface area (TPSA) is 42.0 Å². The number of nitrogens with zero attached hydrogens (tertiary/aromatic N) is 1. The molecule has 0 aliphatic rings. The Bertz CT molecular complexity index is 557. The standard InChI is InChI=1S/C16H17ClN2O/c17-15-7-1-4-14(10-15)11-16(20)19-9-3-6-13-5-2-8-18-12-13/h1-2,4-5,7-8,10,12H,3,6,9,11H2,(H,19,20). The van der Waals surface area contributed by atoms with E-state index in [-0.39, 0.29) is 5.91 Å². The molecule has 0 spiro atoms. The molecule has 1 amide bonds. The van der Waals surface area contributed by atoms with Crippen molar-refractivity contribution in [3.63, 3.8) is 0 Å². The highest BCUT2D eigenvalue weighted by Gasteiger charge is 2.03. The number of hydrogen-bond donors (Lipinski definition) is 1. The molecule has 20 heavy (non-hydrogen) atoms. The van der Waals surface area contributed by atoms with E-state index in [1.165, 1.54) is 5.56 Å². The first kappa shape index (κ1) is 14.5. The summed E-state index contributed by atoms with van der Waals surface area (Å²) in [7, 11) is 0.